The second-order valence-corrected chi connectivity index (χ2v) is 10.9. The Bertz CT molecular complexity index is 1640. The van der Waals surface area contributed by atoms with Crippen molar-refractivity contribution in [2.75, 3.05) is 6.61 Å². The summed E-state index contributed by atoms with van der Waals surface area (Å²) in [6.45, 7) is 2.25. The minimum Gasteiger partial charge on any atom is -0.465 e. The highest BCUT2D eigenvalue weighted by atomic mass is 35.5. The van der Waals surface area contributed by atoms with Gasteiger partial charge in [0.05, 0.1) is 23.5 Å². The molecule has 0 saturated heterocycles. The first-order valence-corrected chi connectivity index (χ1v) is 14.5. The van der Waals surface area contributed by atoms with Gasteiger partial charge in [0.15, 0.2) is 0 Å². The number of nitriles is 2. The largest absolute Gasteiger partial charge is 0.465 e. The summed E-state index contributed by atoms with van der Waals surface area (Å²) in [5.41, 5.74) is 1.60. The van der Waals surface area contributed by atoms with Crippen molar-refractivity contribution in [1.29, 1.82) is 10.5 Å². The van der Waals surface area contributed by atoms with Crippen molar-refractivity contribution in [1.82, 2.24) is 9.78 Å². The topological polar surface area (TPSA) is 126 Å². The molecule has 1 aromatic heterocycles. The SMILES string of the molecule is CCOC(=O)C(c1c2ccccc2nn1-c1ccc(Cl)cc1)C1CCCCC1.N#CC1=C(C#N)C(=O)C(Cl)=C(Cl)C1=O. The van der Waals surface area contributed by atoms with Crippen LogP contribution in [-0.2, 0) is 19.1 Å². The molecule has 8 nitrogen and oxygen atoms in total. The number of Topliss-reactive ketones (excluding diaryl/α,β-unsaturated/α-hetero) is 2. The highest BCUT2D eigenvalue weighted by Crippen LogP contribution is 2.40. The normalized spacial score (nSPS) is 16.4. The number of ketones is 2. The second-order valence-electron chi connectivity index (χ2n) is 9.68. The number of halogens is 3. The first-order valence-electron chi connectivity index (χ1n) is 13.3. The average Bonchev–Trinajstić information content (AvgIpc) is 3.38. The summed E-state index contributed by atoms with van der Waals surface area (Å²) in [6.07, 6.45) is 5.65. The van der Waals surface area contributed by atoms with Crippen molar-refractivity contribution >= 4 is 63.2 Å². The van der Waals surface area contributed by atoms with E-state index in [1.807, 2.05) is 54.1 Å². The highest BCUT2D eigenvalue weighted by molar-refractivity contribution is 6.59. The van der Waals surface area contributed by atoms with E-state index in [2.05, 4.69) is 6.07 Å². The van der Waals surface area contributed by atoms with Crippen LogP contribution in [-0.4, -0.2) is 33.9 Å². The number of ether oxygens (including phenoxy) is 1. The van der Waals surface area contributed by atoms with Crippen LogP contribution in [0.4, 0.5) is 0 Å². The van der Waals surface area contributed by atoms with Crippen molar-refractivity contribution in [2.24, 2.45) is 5.92 Å². The number of fused-ring (bicyclic) bond motifs is 1. The number of aromatic nitrogens is 2. The van der Waals surface area contributed by atoms with E-state index < -0.39 is 32.8 Å². The van der Waals surface area contributed by atoms with E-state index in [0.29, 0.717) is 11.6 Å². The quantitative estimate of drug-likeness (QED) is 0.220. The van der Waals surface area contributed by atoms with Gasteiger partial charge in [-0.05, 0) is 56.0 Å². The standard InChI is InChI=1S/C23H25ClN2O2.C8Cl2N2O2/c1-2-28-23(27)21(16-8-4-3-5-9-16)22-19-10-6-7-11-20(19)25-26(22)18-14-12-17(24)13-15-18;9-5-6(10)8(14)4(2-12)3(1-11)7(5)13/h6-7,10-16,21H,2-5,8-9H2,1H3;. The predicted molar refractivity (Wildman–Crippen MR) is 159 cm³/mol. The van der Waals surface area contributed by atoms with Gasteiger partial charge in [0.25, 0.3) is 0 Å². The zero-order valence-corrected chi connectivity index (χ0v) is 24.8. The molecule has 0 aliphatic heterocycles. The molecule has 2 aliphatic carbocycles. The number of hydrogen-bond donors (Lipinski definition) is 0. The number of nitrogens with zero attached hydrogens (tertiary/aromatic N) is 4. The van der Waals surface area contributed by atoms with Crippen molar-refractivity contribution in [3.63, 3.8) is 0 Å². The zero-order chi connectivity index (χ0) is 30.4. The van der Waals surface area contributed by atoms with Crippen LogP contribution in [0, 0.1) is 28.6 Å². The summed E-state index contributed by atoms with van der Waals surface area (Å²) < 4.78 is 7.45. The third-order valence-electron chi connectivity index (χ3n) is 7.16. The Morgan fingerprint density at radius 3 is 2.07 bits per heavy atom. The third-order valence-corrected chi connectivity index (χ3v) is 8.23. The lowest BCUT2D eigenvalue weighted by atomic mass is 9.77. The predicted octanol–water partition coefficient (Wildman–Crippen LogP) is 7.08. The summed E-state index contributed by atoms with van der Waals surface area (Å²) in [5.74, 6) is -1.97. The van der Waals surface area contributed by atoms with Crippen LogP contribution in [0.15, 0.2) is 69.7 Å². The first-order chi connectivity index (χ1) is 20.2. The van der Waals surface area contributed by atoms with E-state index in [1.54, 1.807) is 0 Å². The van der Waals surface area contributed by atoms with Gasteiger partial charge in [-0.2, -0.15) is 15.6 Å². The molecule has 42 heavy (non-hydrogen) atoms. The minimum absolute atomic E-state index is 0.143. The maximum absolute atomic E-state index is 13.1. The smallest absolute Gasteiger partial charge is 0.315 e. The molecule has 1 heterocycles. The lowest BCUT2D eigenvalue weighted by Crippen LogP contribution is -2.28. The van der Waals surface area contributed by atoms with E-state index in [9.17, 15) is 14.4 Å². The molecular weight excluding hydrogens is 599 g/mol. The number of benzene rings is 2. The Morgan fingerprint density at radius 1 is 0.952 bits per heavy atom. The Morgan fingerprint density at radius 2 is 1.52 bits per heavy atom. The fourth-order valence-electron chi connectivity index (χ4n) is 5.22. The van der Waals surface area contributed by atoms with Crippen LogP contribution in [0.3, 0.4) is 0 Å². The molecule has 11 heteroatoms. The molecule has 1 unspecified atom stereocenters. The monoisotopic (exact) mass is 622 g/mol. The molecule has 0 amide bonds. The molecule has 1 fully saturated rings. The van der Waals surface area contributed by atoms with E-state index in [1.165, 1.54) is 18.6 Å². The summed E-state index contributed by atoms with van der Waals surface area (Å²) >= 11 is 16.9. The Hall–Kier alpha value is -3.95. The molecule has 2 aliphatic rings. The molecule has 1 atom stereocenters. The van der Waals surface area contributed by atoms with Gasteiger partial charge in [-0.25, -0.2) is 4.68 Å². The lowest BCUT2D eigenvalue weighted by molar-refractivity contribution is -0.147. The molecule has 5 rings (SSSR count). The fourth-order valence-corrected chi connectivity index (χ4v) is 5.70. The molecule has 2 aromatic carbocycles. The van der Waals surface area contributed by atoms with E-state index >= 15 is 0 Å². The van der Waals surface area contributed by atoms with Crippen molar-refractivity contribution in [2.45, 2.75) is 44.9 Å². The van der Waals surface area contributed by atoms with Gasteiger partial charge in [-0.15, -0.1) is 0 Å². The summed E-state index contributed by atoms with van der Waals surface area (Å²) in [5, 5.41) is 22.5. The molecule has 3 aromatic rings. The minimum atomic E-state index is -0.893. The third kappa shape index (κ3) is 6.27. The first kappa shape index (κ1) is 31.0. The molecular formula is C31H25Cl3N4O4. The van der Waals surface area contributed by atoms with Gasteiger partial charge >= 0.3 is 5.97 Å². The number of carbonyl (C=O) groups excluding carboxylic acids is 3. The van der Waals surface area contributed by atoms with Gasteiger partial charge in [-0.1, -0.05) is 72.3 Å². The van der Waals surface area contributed by atoms with Crippen LogP contribution in [0.5, 0.6) is 0 Å². The molecule has 0 spiro atoms. The maximum atomic E-state index is 13.1. The van der Waals surface area contributed by atoms with Crippen LogP contribution >= 0.6 is 34.8 Å². The number of rotatable bonds is 5. The Balaban J connectivity index is 0.000000244. The summed E-state index contributed by atoms with van der Waals surface area (Å²) in [6, 6.07) is 18.5. The Labute approximate surface area is 257 Å². The number of esters is 1. The highest BCUT2D eigenvalue weighted by Gasteiger charge is 2.37. The van der Waals surface area contributed by atoms with Crippen LogP contribution < -0.4 is 0 Å². The summed E-state index contributed by atoms with van der Waals surface area (Å²) in [4.78, 5) is 35.6. The molecule has 1 saturated carbocycles. The van der Waals surface area contributed by atoms with Crippen molar-refractivity contribution < 1.29 is 19.1 Å². The van der Waals surface area contributed by atoms with Gasteiger partial charge in [0.2, 0.25) is 11.6 Å². The van der Waals surface area contributed by atoms with E-state index in [4.69, 9.17) is 55.2 Å². The number of hydrogen-bond acceptors (Lipinski definition) is 7. The molecule has 0 radical (unpaired) electrons. The molecule has 0 N–H and O–H groups in total. The fraction of sp³-hybridized carbons (Fsp3) is 0.290. The van der Waals surface area contributed by atoms with Crippen LogP contribution in [0.2, 0.25) is 5.02 Å². The van der Waals surface area contributed by atoms with E-state index in [-0.39, 0.29) is 17.8 Å². The van der Waals surface area contributed by atoms with Crippen LogP contribution in [0.1, 0.15) is 50.6 Å². The second kappa shape index (κ2) is 13.8. The van der Waals surface area contributed by atoms with Gasteiger partial charge in [0.1, 0.15) is 39.3 Å². The van der Waals surface area contributed by atoms with Crippen molar-refractivity contribution in [3.05, 3.63) is 80.5 Å². The zero-order valence-electron chi connectivity index (χ0n) is 22.6. The van der Waals surface area contributed by atoms with Gasteiger partial charge in [0, 0.05) is 10.4 Å². The van der Waals surface area contributed by atoms with Crippen molar-refractivity contribution in [3.8, 4) is 17.8 Å². The molecule has 0 bridgehead atoms. The van der Waals surface area contributed by atoms with Crippen LogP contribution in [0.25, 0.3) is 16.6 Å². The van der Waals surface area contributed by atoms with Gasteiger partial charge in [-0.3, -0.25) is 14.4 Å². The van der Waals surface area contributed by atoms with E-state index in [0.717, 1.165) is 48.0 Å². The lowest BCUT2D eigenvalue weighted by Gasteiger charge is -2.29. The number of allylic oxidation sites excluding steroid dienone is 4. The average molecular weight is 624 g/mol. The summed E-state index contributed by atoms with van der Waals surface area (Å²) in [7, 11) is 0. The van der Waals surface area contributed by atoms with Gasteiger partial charge < -0.3 is 4.74 Å². The maximum Gasteiger partial charge on any atom is 0.315 e. The Kier molecular flexibility index (Phi) is 10.2. The molecule has 214 valence electrons. The number of carbonyl (C=O) groups is 3.